The summed E-state index contributed by atoms with van der Waals surface area (Å²) in [6, 6.07) is 2.36. The van der Waals surface area contributed by atoms with Gasteiger partial charge < -0.3 is 24.4 Å². The van der Waals surface area contributed by atoms with E-state index in [4.69, 9.17) is 16.3 Å². The molecular weight excluding hydrogens is 635 g/mol. The van der Waals surface area contributed by atoms with E-state index in [1.807, 2.05) is 32.6 Å². The molecule has 1 saturated heterocycles. The van der Waals surface area contributed by atoms with Crippen molar-refractivity contribution in [3.63, 3.8) is 0 Å². The summed E-state index contributed by atoms with van der Waals surface area (Å²) in [5, 5.41) is 10.9. The lowest BCUT2D eigenvalue weighted by atomic mass is 9.81. The molecule has 0 spiro atoms. The van der Waals surface area contributed by atoms with Gasteiger partial charge in [0.05, 0.1) is 22.3 Å². The number of piperazine rings is 1. The van der Waals surface area contributed by atoms with Gasteiger partial charge in [-0.1, -0.05) is 30.3 Å². The van der Waals surface area contributed by atoms with Gasteiger partial charge in [-0.3, -0.25) is 9.59 Å². The normalized spacial score (nSPS) is 18.4. The molecule has 1 aliphatic heterocycles. The van der Waals surface area contributed by atoms with Gasteiger partial charge in [-0.25, -0.2) is 9.78 Å². The molecule has 2 aliphatic rings. The first-order valence-electron chi connectivity index (χ1n) is 14.4. The van der Waals surface area contributed by atoms with Gasteiger partial charge >= 0.3 is 12.3 Å². The van der Waals surface area contributed by atoms with Gasteiger partial charge in [0.2, 0.25) is 16.5 Å². The van der Waals surface area contributed by atoms with Crippen LogP contribution >= 0.6 is 23.4 Å². The predicted octanol–water partition coefficient (Wildman–Crippen LogP) is 5.37. The molecule has 1 aromatic carbocycles. The number of nitrogens with zero attached hydrogens (tertiary/aromatic N) is 6. The summed E-state index contributed by atoms with van der Waals surface area (Å²) in [6.45, 7) is 7.63. The lowest BCUT2D eigenvalue weighted by Crippen LogP contribution is -2.67. The fourth-order valence-corrected chi connectivity index (χ4v) is 6.27. The number of nitrogens with one attached hydrogen (secondary N) is 1. The molecule has 0 unspecified atom stereocenters. The maximum Gasteiger partial charge on any atom is 0.416 e. The number of thioether (sulfide) groups is 1. The van der Waals surface area contributed by atoms with Crippen LogP contribution in [-0.2, 0) is 28.7 Å². The Labute approximate surface area is 266 Å². The highest BCUT2D eigenvalue weighted by atomic mass is 35.5. The average Bonchev–Trinajstić information content (AvgIpc) is 2.93. The van der Waals surface area contributed by atoms with Crippen LogP contribution in [0.15, 0.2) is 28.2 Å². The second-order valence-corrected chi connectivity index (χ2v) is 13.0. The summed E-state index contributed by atoms with van der Waals surface area (Å²) in [5.74, 6) is -0.603. The van der Waals surface area contributed by atoms with Crippen LogP contribution < -0.4 is 15.6 Å². The minimum Gasteiger partial charge on any atom is -0.444 e. The van der Waals surface area contributed by atoms with E-state index in [2.05, 4.69) is 20.5 Å². The smallest absolute Gasteiger partial charge is 0.416 e. The van der Waals surface area contributed by atoms with Crippen LogP contribution in [0, 0.1) is 0 Å². The monoisotopic (exact) mass is 667 g/mol. The van der Waals surface area contributed by atoms with Gasteiger partial charge in [0, 0.05) is 24.8 Å². The summed E-state index contributed by atoms with van der Waals surface area (Å²) in [7, 11) is 0. The first-order valence-corrected chi connectivity index (χ1v) is 16.0. The van der Waals surface area contributed by atoms with E-state index in [-0.39, 0.29) is 51.1 Å². The number of alkyl halides is 3. The van der Waals surface area contributed by atoms with Crippen LogP contribution in [0.25, 0.3) is 11.2 Å². The highest BCUT2D eigenvalue weighted by Gasteiger charge is 2.47. The number of rotatable bonds is 6. The molecule has 1 aliphatic carbocycles. The van der Waals surface area contributed by atoms with E-state index in [0.717, 1.165) is 31.0 Å². The molecule has 16 heteroatoms. The average molecular weight is 668 g/mol. The van der Waals surface area contributed by atoms with E-state index in [1.54, 1.807) is 15.7 Å². The van der Waals surface area contributed by atoms with Gasteiger partial charge in [0.25, 0.3) is 0 Å². The molecule has 0 radical (unpaired) electrons. The lowest BCUT2D eigenvalue weighted by Gasteiger charge is -2.54. The van der Waals surface area contributed by atoms with Crippen molar-refractivity contribution < 1.29 is 27.5 Å². The molecule has 2 aromatic heterocycles. The Kier molecular flexibility index (Phi) is 8.97. The summed E-state index contributed by atoms with van der Waals surface area (Å²) in [5.41, 5.74) is -0.920. The summed E-state index contributed by atoms with van der Waals surface area (Å²) >= 11 is 7.29. The van der Waals surface area contributed by atoms with Crippen LogP contribution in [0.5, 0.6) is 0 Å². The molecule has 0 bridgehead atoms. The van der Waals surface area contributed by atoms with Gasteiger partial charge in [-0.15, -0.1) is 10.2 Å². The van der Waals surface area contributed by atoms with E-state index in [0.29, 0.717) is 30.9 Å². The number of ether oxygens (including phenoxy) is 1. The molecule has 3 heterocycles. The maximum atomic E-state index is 14.1. The van der Waals surface area contributed by atoms with Crippen LogP contribution in [0.4, 0.5) is 29.3 Å². The highest BCUT2D eigenvalue weighted by molar-refractivity contribution is 7.98. The van der Waals surface area contributed by atoms with Crippen LogP contribution in [0.2, 0.25) is 5.02 Å². The fourth-order valence-electron chi connectivity index (χ4n) is 5.74. The van der Waals surface area contributed by atoms with Crippen LogP contribution in [-0.4, -0.2) is 73.7 Å². The standard InChI is InChI=1S/C29H33ClF3N7O4S/c1-6-18-23(38-11-12-39(20-10-9-19(20)38)27(43)44-28(2,3)4)24(42)22-25(36-37-26(35-22)45-5)40(18)14-21(41)34-17-8-7-15(13-16(17)30)29(31,32)33/h7-8,13,19-20H,6,9-12,14H2,1-5H3,(H,34,41)/t19-,20-/m0/s1. The zero-order valence-corrected chi connectivity index (χ0v) is 26.9. The minimum atomic E-state index is -4.59. The molecular formula is C29H33ClF3N7O4S. The Morgan fingerprint density at radius 1 is 1.13 bits per heavy atom. The zero-order valence-electron chi connectivity index (χ0n) is 25.4. The Morgan fingerprint density at radius 3 is 2.42 bits per heavy atom. The van der Waals surface area contributed by atoms with E-state index < -0.39 is 29.3 Å². The number of fused-ring (bicyclic) bond motifs is 2. The topological polar surface area (TPSA) is 123 Å². The molecule has 2 atom stereocenters. The zero-order chi connectivity index (χ0) is 32.8. The molecule has 5 rings (SSSR count). The van der Waals surface area contributed by atoms with Gasteiger partial charge in [-0.05, 0) is 64.5 Å². The number of halogens is 4. The summed E-state index contributed by atoms with van der Waals surface area (Å²) in [4.78, 5) is 48.6. The Balaban J connectivity index is 1.53. The van der Waals surface area contributed by atoms with Crippen molar-refractivity contribution in [2.75, 3.05) is 29.6 Å². The fraction of sp³-hybridized carbons (Fsp3) is 0.517. The Bertz CT molecular complexity index is 1710. The second-order valence-electron chi connectivity index (χ2n) is 11.9. The summed E-state index contributed by atoms with van der Waals surface area (Å²) < 4.78 is 46.5. The van der Waals surface area contributed by atoms with Gasteiger partial charge in [0.1, 0.15) is 17.8 Å². The molecule has 242 valence electrons. The van der Waals surface area contributed by atoms with Crippen LogP contribution in [0.3, 0.4) is 0 Å². The number of hydrogen-bond donors (Lipinski definition) is 1. The molecule has 2 fully saturated rings. The molecule has 3 aromatic rings. The van der Waals surface area contributed by atoms with E-state index in [9.17, 15) is 27.6 Å². The SMILES string of the molecule is CCc1c(N2CCN(C(=O)OC(C)(C)C)[C@H]3CC[C@@H]32)c(=O)c2nc(SC)nnc2n1CC(=O)Nc1ccc(C(F)(F)F)cc1Cl. The van der Waals surface area contributed by atoms with E-state index >= 15 is 0 Å². The third-order valence-electron chi connectivity index (χ3n) is 7.82. The minimum absolute atomic E-state index is 0.00254. The van der Waals surface area contributed by atoms with E-state index in [1.165, 1.54) is 11.8 Å². The van der Waals surface area contributed by atoms with Crippen molar-refractivity contribution in [1.82, 2.24) is 24.6 Å². The number of benzene rings is 1. The molecule has 2 amide bonds. The quantitative estimate of drug-likeness (QED) is 0.346. The third kappa shape index (κ3) is 6.55. The van der Waals surface area contributed by atoms with Crippen molar-refractivity contribution in [3.8, 4) is 0 Å². The van der Waals surface area contributed by atoms with Gasteiger partial charge in [-0.2, -0.15) is 13.2 Å². The molecule has 45 heavy (non-hydrogen) atoms. The number of pyridine rings is 1. The van der Waals surface area contributed by atoms with Crippen LogP contribution in [0.1, 0.15) is 51.8 Å². The summed E-state index contributed by atoms with van der Waals surface area (Å²) in [6.07, 6.45) is -1.41. The van der Waals surface area contributed by atoms with Crippen molar-refractivity contribution in [2.24, 2.45) is 0 Å². The predicted molar refractivity (Wildman–Crippen MR) is 165 cm³/mol. The number of carbonyl (C=O) groups excluding carboxylic acids is 2. The van der Waals surface area contributed by atoms with Crippen molar-refractivity contribution >= 4 is 57.9 Å². The largest absolute Gasteiger partial charge is 0.444 e. The highest BCUT2D eigenvalue weighted by Crippen LogP contribution is 2.38. The number of amides is 2. The Hall–Kier alpha value is -3.59. The molecule has 1 saturated carbocycles. The number of carbonyl (C=O) groups is 2. The van der Waals surface area contributed by atoms with Crippen molar-refractivity contribution in [2.45, 2.75) is 82.5 Å². The molecule has 1 N–H and O–H groups in total. The second kappa shape index (κ2) is 12.3. The maximum absolute atomic E-state index is 14.1. The van der Waals surface area contributed by atoms with Crippen molar-refractivity contribution in [1.29, 1.82) is 0 Å². The first kappa shape index (κ1) is 32.8. The first-order chi connectivity index (χ1) is 21.1. The third-order valence-corrected chi connectivity index (χ3v) is 8.68. The number of aromatic nitrogens is 4. The lowest BCUT2D eigenvalue weighted by molar-refractivity contribution is -0.137. The number of anilines is 2. The number of hydrogen-bond acceptors (Lipinski definition) is 9. The van der Waals surface area contributed by atoms with Gasteiger partial charge in [0.15, 0.2) is 11.2 Å². The molecule has 11 nitrogen and oxygen atoms in total. The van der Waals surface area contributed by atoms with Crippen molar-refractivity contribution in [3.05, 3.63) is 44.7 Å². The Morgan fingerprint density at radius 2 is 1.84 bits per heavy atom.